The molecule has 2 saturated carbocycles. The zero-order valence-electron chi connectivity index (χ0n) is 23.6. The molecule has 0 aromatic heterocycles. The molecule has 0 radical (unpaired) electrons. The fourth-order valence-corrected chi connectivity index (χ4v) is 6.95. The van der Waals surface area contributed by atoms with Gasteiger partial charge in [-0.2, -0.15) is 0 Å². The van der Waals surface area contributed by atoms with Gasteiger partial charge in [0.05, 0.1) is 17.5 Å². The van der Waals surface area contributed by atoms with Crippen LogP contribution >= 0.6 is 0 Å². The summed E-state index contributed by atoms with van der Waals surface area (Å²) >= 11 is 0. The zero-order chi connectivity index (χ0) is 29.8. The van der Waals surface area contributed by atoms with Crippen LogP contribution in [0.2, 0.25) is 0 Å². The molecule has 216 valence electrons. The molecule has 0 spiro atoms. The van der Waals surface area contributed by atoms with E-state index in [0.29, 0.717) is 36.4 Å². The molecular formula is C29H38N4O7. The molecule has 3 aliphatic rings. The number of primary amides is 1. The third-order valence-corrected chi connectivity index (χ3v) is 8.83. The summed E-state index contributed by atoms with van der Waals surface area (Å²) < 4.78 is 0. The van der Waals surface area contributed by atoms with Gasteiger partial charge in [0.1, 0.15) is 5.75 Å². The highest BCUT2D eigenvalue weighted by atomic mass is 16.3. The van der Waals surface area contributed by atoms with Gasteiger partial charge in [0.2, 0.25) is 5.91 Å². The largest absolute Gasteiger partial charge is 0.507 e. The van der Waals surface area contributed by atoms with E-state index in [4.69, 9.17) is 5.73 Å². The van der Waals surface area contributed by atoms with Crippen LogP contribution in [-0.4, -0.2) is 102 Å². The number of hydrogen-bond donors (Lipinski definition) is 3. The number of phenols is 1. The summed E-state index contributed by atoms with van der Waals surface area (Å²) in [5.41, 5.74) is 4.43. The molecule has 0 saturated heterocycles. The van der Waals surface area contributed by atoms with Crippen LogP contribution in [0.3, 0.4) is 0 Å². The lowest BCUT2D eigenvalue weighted by Gasteiger charge is -2.52. The van der Waals surface area contributed by atoms with Gasteiger partial charge in [-0.15, -0.1) is 6.58 Å². The molecule has 3 aliphatic carbocycles. The number of nitrogens with zero attached hydrogens (tertiary/aromatic N) is 3. The molecule has 11 nitrogen and oxygen atoms in total. The summed E-state index contributed by atoms with van der Waals surface area (Å²) in [5.74, 6) is -10.4. The van der Waals surface area contributed by atoms with E-state index in [9.17, 15) is 34.2 Å². The highest BCUT2D eigenvalue weighted by Gasteiger charge is 2.69. The molecule has 1 amide bonds. The van der Waals surface area contributed by atoms with E-state index in [0.717, 1.165) is 0 Å². The van der Waals surface area contributed by atoms with E-state index in [1.807, 2.05) is 36.9 Å². The molecule has 6 atom stereocenters. The number of aromatic hydroxyl groups is 1. The minimum Gasteiger partial charge on any atom is -0.507 e. The molecule has 1 aromatic rings. The van der Waals surface area contributed by atoms with E-state index >= 15 is 0 Å². The van der Waals surface area contributed by atoms with Crippen molar-refractivity contribution >= 4 is 34.7 Å². The van der Waals surface area contributed by atoms with Gasteiger partial charge < -0.3 is 20.8 Å². The normalized spacial score (nSPS) is 29.8. The van der Waals surface area contributed by atoms with Crippen LogP contribution < -0.4 is 10.6 Å². The van der Waals surface area contributed by atoms with Gasteiger partial charge in [0.25, 0.3) is 0 Å². The van der Waals surface area contributed by atoms with Gasteiger partial charge in [-0.05, 0) is 51.0 Å². The fourth-order valence-electron chi connectivity index (χ4n) is 6.95. The quantitative estimate of drug-likeness (QED) is 0.293. The monoisotopic (exact) mass is 554 g/mol. The molecule has 2 fully saturated rings. The number of fused-ring (bicyclic) bond motifs is 3. The number of aliphatic hydroxyl groups is 1. The number of anilines is 1. The Labute approximate surface area is 233 Å². The number of benzene rings is 1. The first-order valence-electron chi connectivity index (χ1n) is 13.4. The van der Waals surface area contributed by atoms with E-state index in [1.54, 1.807) is 20.2 Å². The molecule has 0 heterocycles. The lowest BCUT2D eigenvalue weighted by Crippen LogP contribution is -2.74. The van der Waals surface area contributed by atoms with Crippen LogP contribution in [0.5, 0.6) is 5.75 Å². The van der Waals surface area contributed by atoms with Crippen molar-refractivity contribution in [2.45, 2.75) is 38.0 Å². The van der Waals surface area contributed by atoms with E-state index in [-0.39, 0.29) is 24.2 Å². The zero-order valence-corrected chi connectivity index (χ0v) is 23.6. The van der Waals surface area contributed by atoms with E-state index in [1.165, 1.54) is 4.90 Å². The Balaban J connectivity index is 1.87. The summed E-state index contributed by atoms with van der Waals surface area (Å²) in [6.45, 7) is 7.29. The summed E-state index contributed by atoms with van der Waals surface area (Å²) in [4.78, 5) is 72.2. The molecule has 11 heteroatoms. The Morgan fingerprint density at radius 3 is 2.35 bits per heavy atom. The number of ketones is 4. The highest BCUT2D eigenvalue weighted by molar-refractivity contribution is 6.32. The van der Waals surface area contributed by atoms with Crippen molar-refractivity contribution in [3.63, 3.8) is 0 Å². The van der Waals surface area contributed by atoms with Crippen LogP contribution in [-0.2, 0) is 32.1 Å². The summed E-state index contributed by atoms with van der Waals surface area (Å²) in [6.07, 6.45) is 1.98. The van der Waals surface area contributed by atoms with Crippen molar-refractivity contribution in [2.75, 3.05) is 46.2 Å². The van der Waals surface area contributed by atoms with Crippen molar-refractivity contribution in [3.8, 4) is 5.75 Å². The van der Waals surface area contributed by atoms with Gasteiger partial charge in [0, 0.05) is 44.4 Å². The molecule has 4 N–H and O–H groups in total. The van der Waals surface area contributed by atoms with Crippen molar-refractivity contribution < 1.29 is 34.2 Å². The number of Topliss-reactive ketones (excluding diaryl/α,β-unsaturated/α-hetero) is 4. The molecule has 0 aliphatic heterocycles. The Bertz CT molecular complexity index is 1310. The summed E-state index contributed by atoms with van der Waals surface area (Å²) in [5, 5.41) is 23.1. The molecule has 40 heavy (non-hydrogen) atoms. The molecule has 0 bridgehead atoms. The smallest absolute Gasteiger partial charge is 0.235 e. The SMILES string of the molecule is C=CCN(CC)Cc1cc(N(C)C)c2c(c1O)C(=O)C1C(=O)[C@]3(O)C(=O)C(C(N)=O)C(=O)[C@@H](N(C)C)[C@@H]3C[C@@H]1C2. The van der Waals surface area contributed by atoms with Crippen molar-refractivity contribution in [3.05, 3.63) is 35.4 Å². The number of amides is 1. The highest BCUT2D eigenvalue weighted by Crippen LogP contribution is 2.52. The van der Waals surface area contributed by atoms with Gasteiger partial charge >= 0.3 is 0 Å². The molecule has 1 aromatic carbocycles. The van der Waals surface area contributed by atoms with Gasteiger partial charge in [-0.25, -0.2) is 0 Å². The average molecular weight is 555 g/mol. The second-order valence-corrected chi connectivity index (χ2v) is 11.6. The van der Waals surface area contributed by atoms with E-state index in [2.05, 4.69) is 6.58 Å². The fraction of sp³-hybridized carbons (Fsp3) is 0.552. The number of hydrogen-bond acceptors (Lipinski definition) is 10. The maximum Gasteiger partial charge on any atom is 0.235 e. The maximum atomic E-state index is 14.1. The lowest BCUT2D eigenvalue weighted by molar-refractivity contribution is -0.181. The first-order chi connectivity index (χ1) is 18.7. The number of carbonyl (C=O) groups is 5. The van der Waals surface area contributed by atoms with Gasteiger partial charge in [-0.1, -0.05) is 13.0 Å². The Morgan fingerprint density at radius 1 is 1.18 bits per heavy atom. The van der Waals surface area contributed by atoms with Crippen LogP contribution in [0.4, 0.5) is 5.69 Å². The van der Waals surface area contributed by atoms with Crippen molar-refractivity contribution in [1.82, 2.24) is 9.80 Å². The number of likely N-dealkylation sites (N-methyl/N-ethyl adjacent to an activating group) is 2. The standard InChI is InChI=1S/C29H38N4O7/c1-7-9-33(8-2)13-15-12-18(31(3)4)16-10-14-11-17-22(32(5)6)25(36)21(28(30)39)27(38)29(17,40)26(37)19(14)24(35)20(16)23(15)34/h7,12,14,17,19,21-22,34,40H,1,8-11,13H2,2-6H3,(H2,30,39)/t14-,17-,19?,21?,22-,29-/m0/s1. The molecule has 4 rings (SSSR count). The second-order valence-electron chi connectivity index (χ2n) is 11.6. The van der Waals surface area contributed by atoms with E-state index < -0.39 is 64.4 Å². The van der Waals surface area contributed by atoms with Crippen LogP contribution in [0.25, 0.3) is 0 Å². The minimum absolute atomic E-state index is 0.00227. The third kappa shape index (κ3) is 4.27. The molecule has 2 unspecified atom stereocenters. The lowest BCUT2D eigenvalue weighted by atomic mass is 9.52. The first kappa shape index (κ1) is 29.6. The second kappa shape index (κ2) is 10.5. The number of carbonyl (C=O) groups excluding carboxylic acids is 5. The Hall–Kier alpha value is -3.41. The predicted molar refractivity (Wildman–Crippen MR) is 147 cm³/mol. The number of phenolic OH excluding ortho intramolecular Hbond substituents is 1. The minimum atomic E-state index is -2.74. The Morgan fingerprint density at radius 2 is 1.82 bits per heavy atom. The first-order valence-corrected chi connectivity index (χ1v) is 13.4. The van der Waals surface area contributed by atoms with Gasteiger partial charge in [0.15, 0.2) is 34.7 Å². The number of nitrogens with two attached hydrogens (primary N) is 1. The van der Waals surface area contributed by atoms with Crippen LogP contribution in [0, 0.1) is 23.7 Å². The Kier molecular flexibility index (Phi) is 7.78. The van der Waals surface area contributed by atoms with Crippen molar-refractivity contribution in [1.29, 1.82) is 0 Å². The third-order valence-electron chi connectivity index (χ3n) is 8.83. The topological polar surface area (TPSA) is 162 Å². The predicted octanol–water partition coefficient (Wildman–Crippen LogP) is -0.0591. The number of rotatable bonds is 8. The molecular weight excluding hydrogens is 516 g/mol. The summed E-state index contributed by atoms with van der Waals surface area (Å²) in [6, 6.07) is 0.706. The maximum absolute atomic E-state index is 14.1. The average Bonchev–Trinajstić information content (AvgIpc) is 2.86. The van der Waals surface area contributed by atoms with Crippen LogP contribution in [0.15, 0.2) is 18.7 Å². The van der Waals surface area contributed by atoms with Crippen LogP contribution in [0.1, 0.15) is 34.8 Å². The van der Waals surface area contributed by atoms with Crippen molar-refractivity contribution in [2.24, 2.45) is 29.4 Å². The van der Waals surface area contributed by atoms with Gasteiger partial charge in [-0.3, -0.25) is 33.8 Å². The summed E-state index contributed by atoms with van der Waals surface area (Å²) in [7, 11) is 6.77.